The van der Waals surface area contributed by atoms with E-state index in [2.05, 4.69) is 9.97 Å². The van der Waals surface area contributed by atoms with Crippen LogP contribution in [0.3, 0.4) is 0 Å². The zero-order valence-corrected chi connectivity index (χ0v) is 10.8. The second-order valence-corrected chi connectivity index (χ2v) is 4.49. The van der Waals surface area contributed by atoms with E-state index in [1.807, 2.05) is 0 Å². The van der Waals surface area contributed by atoms with Crippen molar-refractivity contribution in [2.45, 2.75) is 0 Å². The molecule has 0 radical (unpaired) electrons. The summed E-state index contributed by atoms with van der Waals surface area (Å²) < 4.78 is 0. The minimum absolute atomic E-state index is 0.141. The Kier molecular flexibility index (Phi) is 2.81. The number of hydrogen-bond acceptors (Lipinski definition) is 6. The van der Waals surface area contributed by atoms with Gasteiger partial charge in [-0.15, -0.1) is 0 Å². The van der Waals surface area contributed by atoms with Crippen LogP contribution in [0.15, 0.2) is 24.3 Å². The molecule has 110 valence electrons. The molecule has 0 aliphatic rings. The number of carboxylic acids is 2. The third-order valence-corrected chi connectivity index (χ3v) is 3.17. The van der Waals surface area contributed by atoms with Crippen LogP contribution in [-0.4, -0.2) is 42.3 Å². The molecule has 1 aromatic heterocycles. The number of hydrogen-bond donors (Lipinski definition) is 4. The van der Waals surface area contributed by atoms with Crippen molar-refractivity contribution in [2.75, 3.05) is 0 Å². The van der Waals surface area contributed by atoms with Gasteiger partial charge in [-0.05, 0) is 24.3 Å². The quantitative estimate of drug-likeness (QED) is 0.523. The number of aromatic nitrogens is 2. The first-order chi connectivity index (χ1) is 10.4. The summed E-state index contributed by atoms with van der Waals surface area (Å²) in [5.41, 5.74) is -1.03. The molecule has 0 saturated carbocycles. The molecule has 0 amide bonds. The Balaban J connectivity index is 2.56. The van der Waals surface area contributed by atoms with Gasteiger partial charge in [-0.25, -0.2) is 19.6 Å². The van der Waals surface area contributed by atoms with E-state index in [1.165, 1.54) is 0 Å². The smallest absolute Gasteiger partial charge is 0.337 e. The van der Waals surface area contributed by atoms with Crippen LogP contribution in [-0.2, 0) is 0 Å². The van der Waals surface area contributed by atoms with Gasteiger partial charge in [0.05, 0.1) is 11.1 Å². The van der Waals surface area contributed by atoms with E-state index in [4.69, 9.17) is 10.2 Å². The third-order valence-electron chi connectivity index (χ3n) is 3.17. The van der Waals surface area contributed by atoms with E-state index in [1.54, 1.807) is 0 Å². The van der Waals surface area contributed by atoms with Gasteiger partial charge in [0, 0.05) is 0 Å². The Bertz CT molecular complexity index is 887. The van der Waals surface area contributed by atoms with Crippen molar-refractivity contribution in [3.05, 3.63) is 35.4 Å². The van der Waals surface area contributed by atoms with E-state index >= 15 is 0 Å². The number of nitrogens with zero attached hydrogens (tertiary/aromatic N) is 2. The molecular weight excluding hydrogens is 292 g/mol. The van der Waals surface area contributed by atoms with Crippen LogP contribution >= 0.6 is 0 Å². The number of fused-ring (bicyclic) bond motifs is 2. The second kappa shape index (κ2) is 4.55. The van der Waals surface area contributed by atoms with Gasteiger partial charge in [-0.3, -0.25) is 0 Å². The summed E-state index contributed by atoms with van der Waals surface area (Å²) in [6, 6.07) is 4.57. The van der Waals surface area contributed by atoms with E-state index in [9.17, 15) is 19.8 Å². The van der Waals surface area contributed by atoms with Crippen LogP contribution in [0.2, 0.25) is 0 Å². The number of carbonyl (C=O) groups is 2. The van der Waals surface area contributed by atoms with E-state index in [0.717, 1.165) is 24.3 Å². The SMILES string of the molecule is O=C(O)c1ccc(O)c2nc3c(C(=O)O)ccc(O)c3nc12. The number of phenols is 2. The Morgan fingerprint density at radius 3 is 1.36 bits per heavy atom. The van der Waals surface area contributed by atoms with Gasteiger partial charge in [0.25, 0.3) is 0 Å². The Morgan fingerprint density at radius 1 is 0.682 bits per heavy atom. The van der Waals surface area contributed by atoms with Gasteiger partial charge in [-0.1, -0.05) is 0 Å². The van der Waals surface area contributed by atoms with Gasteiger partial charge in [0.1, 0.15) is 33.6 Å². The van der Waals surface area contributed by atoms with Crippen molar-refractivity contribution in [1.82, 2.24) is 9.97 Å². The normalized spacial score (nSPS) is 10.9. The molecule has 4 N–H and O–H groups in total. The molecule has 0 unspecified atom stereocenters. The van der Waals surface area contributed by atoms with Gasteiger partial charge in [-0.2, -0.15) is 0 Å². The molecule has 3 aromatic rings. The van der Waals surface area contributed by atoms with Gasteiger partial charge >= 0.3 is 11.9 Å². The fourth-order valence-electron chi connectivity index (χ4n) is 2.15. The zero-order chi connectivity index (χ0) is 16.0. The molecule has 2 aromatic carbocycles. The maximum Gasteiger partial charge on any atom is 0.337 e. The molecule has 3 rings (SSSR count). The first-order valence-electron chi connectivity index (χ1n) is 6.02. The van der Waals surface area contributed by atoms with Crippen LogP contribution in [0.25, 0.3) is 22.1 Å². The number of aromatic carboxylic acids is 2. The lowest BCUT2D eigenvalue weighted by molar-refractivity contribution is 0.0687. The Hall–Kier alpha value is -3.42. The van der Waals surface area contributed by atoms with Gasteiger partial charge in [0.2, 0.25) is 0 Å². The highest BCUT2D eigenvalue weighted by Crippen LogP contribution is 2.31. The van der Waals surface area contributed by atoms with Crippen molar-refractivity contribution in [1.29, 1.82) is 0 Å². The summed E-state index contributed by atoms with van der Waals surface area (Å²) in [7, 11) is 0. The average molecular weight is 300 g/mol. The number of aromatic hydroxyl groups is 2. The molecule has 0 aliphatic carbocycles. The van der Waals surface area contributed by atoms with E-state index in [0.29, 0.717) is 0 Å². The Labute approximate surface area is 121 Å². The number of rotatable bonds is 2. The molecular formula is C14H8N2O6. The molecule has 0 fully saturated rings. The molecule has 0 spiro atoms. The number of phenolic OH excluding ortho intramolecular Hbond substituents is 2. The summed E-state index contributed by atoms with van der Waals surface area (Å²) in [6.45, 7) is 0. The summed E-state index contributed by atoms with van der Waals surface area (Å²) in [6.07, 6.45) is 0. The third kappa shape index (κ3) is 1.85. The highest BCUT2D eigenvalue weighted by atomic mass is 16.4. The minimum Gasteiger partial charge on any atom is -0.506 e. The summed E-state index contributed by atoms with van der Waals surface area (Å²) in [5, 5.41) is 38.0. The predicted octanol–water partition coefficient (Wildman–Crippen LogP) is 1.59. The highest BCUT2D eigenvalue weighted by molar-refractivity contribution is 6.08. The van der Waals surface area contributed by atoms with Crippen LogP contribution in [0.4, 0.5) is 0 Å². The molecule has 0 saturated heterocycles. The van der Waals surface area contributed by atoms with Crippen LogP contribution in [0.1, 0.15) is 20.7 Å². The van der Waals surface area contributed by atoms with Crippen molar-refractivity contribution in [3.63, 3.8) is 0 Å². The number of benzene rings is 2. The first-order valence-corrected chi connectivity index (χ1v) is 6.02. The van der Waals surface area contributed by atoms with Crippen molar-refractivity contribution < 1.29 is 30.0 Å². The largest absolute Gasteiger partial charge is 0.506 e. The zero-order valence-electron chi connectivity index (χ0n) is 10.8. The van der Waals surface area contributed by atoms with Gasteiger partial charge in [0.15, 0.2) is 0 Å². The Morgan fingerprint density at radius 2 is 1.05 bits per heavy atom. The van der Waals surface area contributed by atoms with E-state index in [-0.39, 0.29) is 44.7 Å². The molecule has 0 aliphatic heterocycles. The highest BCUT2D eigenvalue weighted by Gasteiger charge is 2.19. The molecule has 8 nitrogen and oxygen atoms in total. The fraction of sp³-hybridized carbons (Fsp3) is 0. The van der Waals surface area contributed by atoms with Crippen LogP contribution < -0.4 is 0 Å². The topological polar surface area (TPSA) is 141 Å². The summed E-state index contributed by atoms with van der Waals surface area (Å²) in [4.78, 5) is 30.4. The van der Waals surface area contributed by atoms with Crippen molar-refractivity contribution in [3.8, 4) is 11.5 Å². The monoisotopic (exact) mass is 300 g/mol. The molecule has 0 bridgehead atoms. The summed E-state index contributed by atoms with van der Waals surface area (Å²) in [5.74, 6) is -3.25. The molecule has 8 heteroatoms. The first kappa shape index (κ1) is 13.6. The average Bonchev–Trinajstić information content (AvgIpc) is 2.46. The number of carboxylic acid groups (broad SMARTS) is 2. The van der Waals surface area contributed by atoms with Crippen molar-refractivity contribution >= 4 is 34.0 Å². The fourth-order valence-corrected chi connectivity index (χ4v) is 2.15. The molecule has 0 atom stereocenters. The van der Waals surface area contributed by atoms with Crippen LogP contribution in [0.5, 0.6) is 11.5 Å². The summed E-state index contributed by atoms with van der Waals surface area (Å²) >= 11 is 0. The standard InChI is InChI=1S/C14H8N2O6/c17-7-3-1-5(13(19)20)9-11(7)16-10-6(14(21)22)2-4-8(18)12(10)15-9/h1-4,17-18H,(H,19,20)(H,21,22). The van der Waals surface area contributed by atoms with Crippen molar-refractivity contribution in [2.24, 2.45) is 0 Å². The predicted molar refractivity (Wildman–Crippen MR) is 74.3 cm³/mol. The maximum atomic E-state index is 11.2. The molecule has 1 heterocycles. The van der Waals surface area contributed by atoms with Crippen LogP contribution in [0, 0.1) is 0 Å². The lowest BCUT2D eigenvalue weighted by Crippen LogP contribution is -2.03. The maximum absolute atomic E-state index is 11.2. The molecule has 22 heavy (non-hydrogen) atoms. The lowest BCUT2D eigenvalue weighted by Gasteiger charge is -2.08. The minimum atomic E-state index is -1.28. The van der Waals surface area contributed by atoms with Gasteiger partial charge < -0.3 is 20.4 Å². The second-order valence-electron chi connectivity index (χ2n) is 4.49. The lowest BCUT2D eigenvalue weighted by atomic mass is 10.1. The van der Waals surface area contributed by atoms with E-state index < -0.39 is 11.9 Å².